The molecule has 4 heteroatoms. The Hall–Kier alpha value is -0.800. The van der Waals surface area contributed by atoms with Crippen LogP contribution in [0.3, 0.4) is 0 Å². The molecule has 3 heterocycles. The van der Waals surface area contributed by atoms with Crippen molar-refractivity contribution in [3.8, 4) is 0 Å². The number of halogens is 1. The fourth-order valence-electron chi connectivity index (χ4n) is 2.75. The summed E-state index contributed by atoms with van der Waals surface area (Å²) in [6, 6.07) is 5.12. The van der Waals surface area contributed by atoms with Crippen LogP contribution in [0.4, 0.5) is 5.82 Å². The van der Waals surface area contributed by atoms with Gasteiger partial charge in [0.05, 0.1) is 5.02 Å². The van der Waals surface area contributed by atoms with E-state index >= 15 is 0 Å². The predicted octanol–water partition coefficient (Wildman–Crippen LogP) is 2.07. The smallest absolute Gasteiger partial charge is 0.147 e. The topological polar surface area (TPSA) is 28.2 Å². The lowest BCUT2D eigenvalue weighted by Crippen LogP contribution is -2.35. The second-order valence-electron chi connectivity index (χ2n) is 4.68. The molecule has 2 unspecified atom stereocenters. The summed E-state index contributed by atoms with van der Waals surface area (Å²) in [6.07, 6.45) is 5.63. The molecular formula is C12H16ClN3. The summed E-state index contributed by atoms with van der Waals surface area (Å²) in [6.45, 7) is 2.10. The van der Waals surface area contributed by atoms with Crippen LogP contribution in [0.15, 0.2) is 18.3 Å². The number of aromatic nitrogens is 1. The number of nitrogens with one attached hydrogen (secondary N) is 1. The molecule has 0 aliphatic carbocycles. The molecular weight excluding hydrogens is 222 g/mol. The minimum absolute atomic E-state index is 0.616. The molecule has 0 radical (unpaired) electrons. The van der Waals surface area contributed by atoms with Gasteiger partial charge in [0.1, 0.15) is 5.82 Å². The second-order valence-corrected chi connectivity index (χ2v) is 5.09. The molecule has 1 aromatic rings. The van der Waals surface area contributed by atoms with Crippen molar-refractivity contribution >= 4 is 17.4 Å². The van der Waals surface area contributed by atoms with E-state index in [1.165, 1.54) is 19.3 Å². The van der Waals surface area contributed by atoms with Crippen molar-refractivity contribution in [2.75, 3.05) is 18.0 Å². The molecule has 0 amide bonds. The Morgan fingerprint density at radius 2 is 2.19 bits per heavy atom. The van der Waals surface area contributed by atoms with E-state index in [2.05, 4.69) is 15.2 Å². The van der Waals surface area contributed by atoms with Crippen LogP contribution >= 0.6 is 11.6 Å². The van der Waals surface area contributed by atoms with Crippen LogP contribution in [-0.4, -0.2) is 30.2 Å². The molecule has 2 atom stereocenters. The van der Waals surface area contributed by atoms with Gasteiger partial charge in [-0.25, -0.2) is 4.98 Å². The fourth-order valence-corrected chi connectivity index (χ4v) is 2.99. The van der Waals surface area contributed by atoms with Crippen LogP contribution in [0.2, 0.25) is 5.02 Å². The summed E-state index contributed by atoms with van der Waals surface area (Å²) in [5.74, 6) is 0.943. The van der Waals surface area contributed by atoms with Crippen molar-refractivity contribution in [2.24, 2.45) is 0 Å². The van der Waals surface area contributed by atoms with E-state index in [9.17, 15) is 0 Å². The average Bonchev–Trinajstić information content (AvgIpc) is 2.60. The number of rotatable bonds is 1. The molecule has 0 saturated carbocycles. The number of nitrogens with zero attached hydrogens (tertiary/aromatic N) is 2. The van der Waals surface area contributed by atoms with Crippen molar-refractivity contribution in [3.63, 3.8) is 0 Å². The fraction of sp³-hybridized carbons (Fsp3) is 0.583. The zero-order chi connectivity index (χ0) is 11.0. The van der Waals surface area contributed by atoms with E-state index in [1.54, 1.807) is 0 Å². The molecule has 0 spiro atoms. The number of anilines is 1. The monoisotopic (exact) mass is 237 g/mol. The van der Waals surface area contributed by atoms with Crippen LogP contribution in [-0.2, 0) is 0 Å². The largest absolute Gasteiger partial charge is 0.354 e. The summed E-state index contributed by atoms with van der Waals surface area (Å²) in [4.78, 5) is 6.71. The molecule has 2 saturated heterocycles. The number of hydrogen-bond acceptors (Lipinski definition) is 3. The van der Waals surface area contributed by atoms with E-state index in [0.29, 0.717) is 12.1 Å². The lowest BCUT2D eigenvalue weighted by Gasteiger charge is -2.25. The molecule has 2 aliphatic heterocycles. The molecule has 2 bridgehead atoms. The van der Waals surface area contributed by atoms with E-state index in [-0.39, 0.29) is 0 Å². The molecule has 1 aromatic heterocycles. The maximum Gasteiger partial charge on any atom is 0.147 e. The summed E-state index contributed by atoms with van der Waals surface area (Å²) in [5.41, 5.74) is 0. The minimum atomic E-state index is 0.616. The molecule has 3 nitrogen and oxygen atoms in total. The minimum Gasteiger partial charge on any atom is -0.354 e. The third-order valence-electron chi connectivity index (χ3n) is 3.56. The maximum absolute atomic E-state index is 6.19. The summed E-state index contributed by atoms with van der Waals surface area (Å²) in [7, 11) is 0. The van der Waals surface area contributed by atoms with Crippen molar-refractivity contribution in [2.45, 2.75) is 31.3 Å². The van der Waals surface area contributed by atoms with Crippen molar-refractivity contribution in [1.82, 2.24) is 10.3 Å². The maximum atomic E-state index is 6.19. The number of hydrogen-bond donors (Lipinski definition) is 1. The van der Waals surface area contributed by atoms with Gasteiger partial charge in [-0.15, -0.1) is 0 Å². The predicted molar refractivity (Wildman–Crippen MR) is 66.0 cm³/mol. The Morgan fingerprint density at radius 1 is 1.31 bits per heavy atom. The Morgan fingerprint density at radius 3 is 3.06 bits per heavy atom. The quantitative estimate of drug-likeness (QED) is 0.811. The highest BCUT2D eigenvalue weighted by Gasteiger charge is 2.30. The zero-order valence-corrected chi connectivity index (χ0v) is 9.95. The normalized spacial score (nSPS) is 29.2. The Bertz CT molecular complexity index is 382. The van der Waals surface area contributed by atoms with Crippen LogP contribution < -0.4 is 10.2 Å². The molecule has 86 valence electrons. The van der Waals surface area contributed by atoms with Crippen LogP contribution in [0, 0.1) is 0 Å². The Labute approximate surface area is 101 Å². The average molecular weight is 238 g/mol. The second kappa shape index (κ2) is 4.22. The molecule has 0 aromatic carbocycles. The van der Waals surface area contributed by atoms with Crippen molar-refractivity contribution in [3.05, 3.63) is 23.4 Å². The van der Waals surface area contributed by atoms with Gasteiger partial charge in [0.25, 0.3) is 0 Å². The first-order chi connectivity index (χ1) is 7.83. The van der Waals surface area contributed by atoms with Gasteiger partial charge in [0.2, 0.25) is 0 Å². The molecule has 16 heavy (non-hydrogen) atoms. The van der Waals surface area contributed by atoms with Crippen molar-refractivity contribution in [1.29, 1.82) is 0 Å². The van der Waals surface area contributed by atoms with E-state index in [4.69, 9.17) is 11.6 Å². The summed E-state index contributed by atoms with van der Waals surface area (Å²) in [5, 5.41) is 4.42. The molecule has 2 aliphatic rings. The SMILES string of the molecule is Clc1cccnc1N1CCC2CCC(C1)N2. The van der Waals surface area contributed by atoms with Gasteiger partial charge in [-0.3, -0.25) is 0 Å². The first kappa shape index (κ1) is 10.4. The van der Waals surface area contributed by atoms with Crippen LogP contribution in [0.5, 0.6) is 0 Å². The highest BCUT2D eigenvalue weighted by molar-refractivity contribution is 6.32. The van der Waals surface area contributed by atoms with Crippen LogP contribution in [0.1, 0.15) is 19.3 Å². The summed E-state index contributed by atoms with van der Waals surface area (Å²) >= 11 is 6.19. The van der Waals surface area contributed by atoms with E-state index in [1.807, 2.05) is 18.3 Å². The molecule has 3 rings (SSSR count). The van der Waals surface area contributed by atoms with E-state index in [0.717, 1.165) is 23.9 Å². The standard InChI is InChI=1S/C12H16ClN3/c13-11-2-1-6-14-12(11)16-7-5-9-3-4-10(8-16)15-9/h1-2,6,9-10,15H,3-5,7-8H2. The van der Waals surface area contributed by atoms with Gasteiger partial charge in [-0.1, -0.05) is 11.6 Å². The van der Waals surface area contributed by atoms with Crippen LogP contribution in [0.25, 0.3) is 0 Å². The third kappa shape index (κ3) is 1.89. The van der Waals surface area contributed by atoms with Gasteiger partial charge in [-0.05, 0) is 31.4 Å². The lowest BCUT2D eigenvalue weighted by molar-refractivity contribution is 0.563. The van der Waals surface area contributed by atoms with Gasteiger partial charge < -0.3 is 10.2 Å². The first-order valence-electron chi connectivity index (χ1n) is 5.94. The van der Waals surface area contributed by atoms with Gasteiger partial charge in [0.15, 0.2) is 0 Å². The van der Waals surface area contributed by atoms with Crippen molar-refractivity contribution < 1.29 is 0 Å². The first-order valence-corrected chi connectivity index (χ1v) is 6.32. The highest BCUT2D eigenvalue weighted by atomic mass is 35.5. The van der Waals surface area contributed by atoms with Gasteiger partial charge in [-0.2, -0.15) is 0 Å². The third-order valence-corrected chi connectivity index (χ3v) is 3.86. The summed E-state index contributed by atoms with van der Waals surface area (Å²) < 4.78 is 0. The zero-order valence-electron chi connectivity index (χ0n) is 9.19. The Balaban J connectivity index is 1.82. The van der Waals surface area contributed by atoms with Gasteiger partial charge >= 0.3 is 0 Å². The van der Waals surface area contributed by atoms with E-state index < -0.39 is 0 Å². The lowest BCUT2D eigenvalue weighted by atomic mass is 10.1. The number of pyridine rings is 1. The molecule has 2 fully saturated rings. The molecule has 1 N–H and O–H groups in total. The Kier molecular flexibility index (Phi) is 2.74. The highest BCUT2D eigenvalue weighted by Crippen LogP contribution is 2.27. The van der Waals surface area contributed by atoms with Gasteiger partial charge in [0, 0.05) is 31.4 Å². The number of fused-ring (bicyclic) bond motifs is 2.